The number of fused-ring (bicyclic) bond motifs is 1. The fourth-order valence-electron chi connectivity index (χ4n) is 2.94. The van der Waals surface area contributed by atoms with Gasteiger partial charge in [0.2, 0.25) is 0 Å². The van der Waals surface area contributed by atoms with Crippen LogP contribution in [0, 0.1) is 5.92 Å². The van der Waals surface area contributed by atoms with Crippen molar-refractivity contribution in [1.29, 1.82) is 0 Å². The molecule has 0 radical (unpaired) electrons. The maximum atomic E-state index is 9.00. The predicted molar refractivity (Wildman–Crippen MR) is 77.5 cm³/mol. The molecule has 1 aliphatic heterocycles. The molecule has 0 bridgehead atoms. The first kappa shape index (κ1) is 14.2. The Balaban J connectivity index is 2.01. The van der Waals surface area contributed by atoms with Gasteiger partial charge in [0.25, 0.3) is 0 Å². The van der Waals surface area contributed by atoms with Gasteiger partial charge >= 0.3 is 0 Å². The van der Waals surface area contributed by atoms with Crippen molar-refractivity contribution in [2.24, 2.45) is 11.8 Å². The fraction of sp³-hybridized carbons (Fsp3) is 0.571. The number of aliphatic hydroxyl groups excluding tert-OH is 1. The zero-order valence-electron chi connectivity index (χ0n) is 12.2. The molecule has 1 aliphatic rings. The topological polar surface area (TPSA) is 97.6 Å². The highest BCUT2D eigenvalue weighted by Crippen LogP contribution is 2.41. The van der Waals surface area contributed by atoms with Crippen molar-refractivity contribution in [3.05, 3.63) is 18.2 Å². The van der Waals surface area contributed by atoms with Crippen LogP contribution in [-0.4, -0.2) is 34.3 Å². The van der Waals surface area contributed by atoms with Crippen molar-refractivity contribution in [2.45, 2.75) is 32.5 Å². The van der Waals surface area contributed by atoms with Gasteiger partial charge in [-0.3, -0.25) is 5.01 Å². The zero-order valence-corrected chi connectivity index (χ0v) is 12.2. The quantitative estimate of drug-likeness (QED) is 0.649. The van der Waals surface area contributed by atoms with Crippen LogP contribution in [0.3, 0.4) is 0 Å². The number of rotatable bonds is 4. The van der Waals surface area contributed by atoms with E-state index in [9.17, 15) is 0 Å². The molecule has 21 heavy (non-hydrogen) atoms. The van der Waals surface area contributed by atoms with Crippen molar-refractivity contribution in [1.82, 2.24) is 9.97 Å². The third kappa shape index (κ3) is 2.48. The summed E-state index contributed by atoms with van der Waals surface area (Å²) in [6.07, 6.45) is 4.36. The van der Waals surface area contributed by atoms with Crippen molar-refractivity contribution in [2.75, 3.05) is 18.2 Å². The first-order valence-electron chi connectivity index (χ1n) is 7.12. The van der Waals surface area contributed by atoms with E-state index in [1.165, 1.54) is 11.3 Å². The number of hydrogen-bond acceptors (Lipinski definition) is 7. The number of nitrogens with zero attached hydrogens (tertiary/aromatic N) is 3. The maximum absolute atomic E-state index is 9.00. The minimum absolute atomic E-state index is 0.0203. The van der Waals surface area contributed by atoms with E-state index in [1.54, 1.807) is 6.26 Å². The predicted octanol–water partition coefficient (Wildman–Crippen LogP) is 1.38. The van der Waals surface area contributed by atoms with Crippen LogP contribution in [0.5, 0.6) is 0 Å². The molecule has 7 heteroatoms. The van der Waals surface area contributed by atoms with E-state index in [0.29, 0.717) is 17.3 Å². The fourth-order valence-corrected chi connectivity index (χ4v) is 2.94. The number of aromatic nitrogens is 2. The molecule has 3 rings (SSSR count). The number of hydrogen-bond donors (Lipinski definition) is 2. The summed E-state index contributed by atoms with van der Waals surface area (Å²) in [5.41, 5.74) is 2.18. The Morgan fingerprint density at radius 3 is 2.90 bits per heavy atom. The van der Waals surface area contributed by atoms with Gasteiger partial charge in [-0.05, 0) is 19.3 Å². The lowest BCUT2D eigenvalue weighted by molar-refractivity contribution is 0.0455. The smallest absolute Gasteiger partial charge is 0.196 e. The summed E-state index contributed by atoms with van der Waals surface area (Å²) in [5.74, 6) is 6.75. The second-order valence-corrected chi connectivity index (χ2v) is 5.56. The second-order valence-electron chi connectivity index (χ2n) is 5.56. The van der Waals surface area contributed by atoms with Gasteiger partial charge in [0.15, 0.2) is 11.4 Å². The van der Waals surface area contributed by atoms with Crippen molar-refractivity contribution in [3.63, 3.8) is 0 Å². The Labute approximate surface area is 122 Å². The Bertz CT molecular complexity index is 630. The molecule has 3 unspecified atom stereocenters. The second kappa shape index (κ2) is 5.59. The SMILES string of the molecule is CC1CC(C)C(c2coc3c(N(N)CCO)ncnc23)O1. The molecule has 0 aliphatic carbocycles. The summed E-state index contributed by atoms with van der Waals surface area (Å²) in [6.45, 7) is 4.45. The Kier molecular flexibility index (Phi) is 3.79. The Morgan fingerprint density at radius 1 is 1.43 bits per heavy atom. The van der Waals surface area contributed by atoms with E-state index in [0.717, 1.165) is 17.5 Å². The van der Waals surface area contributed by atoms with Crippen LogP contribution in [0.4, 0.5) is 5.82 Å². The largest absolute Gasteiger partial charge is 0.458 e. The molecule has 0 saturated carbocycles. The summed E-state index contributed by atoms with van der Waals surface area (Å²) in [6, 6.07) is 0. The normalized spacial score (nSPS) is 25.6. The van der Waals surface area contributed by atoms with Crippen LogP contribution in [0.15, 0.2) is 17.0 Å². The zero-order chi connectivity index (χ0) is 15.0. The molecule has 3 heterocycles. The highest BCUT2D eigenvalue weighted by atomic mass is 16.5. The minimum atomic E-state index is -0.0597. The van der Waals surface area contributed by atoms with Gasteiger partial charge in [0.05, 0.1) is 31.6 Å². The average molecular weight is 292 g/mol. The number of furan rings is 1. The first-order valence-corrected chi connectivity index (χ1v) is 7.12. The molecule has 3 N–H and O–H groups in total. The summed E-state index contributed by atoms with van der Waals surface area (Å²) in [5, 5.41) is 10.4. The van der Waals surface area contributed by atoms with Gasteiger partial charge in [-0.1, -0.05) is 6.92 Å². The molecule has 0 spiro atoms. The average Bonchev–Trinajstić information content (AvgIpc) is 3.01. The molecule has 2 aromatic heterocycles. The van der Waals surface area contributed by atoms with Gasteiger partial charge < -0.3 is 14.3 Å². The summed E-state index contributed by atoms with van der Waals surface area (Å²) in [4.78, 5) is 8.46. The van der Waals surface area contributed by atoms with Crippen LogP contribution in [-0.2, 0) is 4.74 Å². The van der Waals surface area contributed by atoms with E-state index < -0.39 is 0 Å². The molecule has 1 fully saturated rings. The van der Waals surface area contributed by atoms with Crippen LogP contribution in [0.1, 0.15) is 31.9 Å². The van der Waals surface area contributed by atoms with Gasteiger partial charge in [-0.15, -0.1) is 0 Å². The lowest BCUT2D eigenvalue weighted by Gasteiger charge is -2.16. The van der Waals surface area contributed by atoms with Crippen molar-refractivity contribution < 1.29 is 14.3 Å². The highest BCUT2D eigenvalue weighted by Gasteiger charge is 2.34. The van der Waals surface area contributed by atoms with E-state index in [1.807, 2.05) is 0 Å². The van der Waals surface area contributed by atoms with Gasteiger partial charge in [-0.25, -0.2) is 15.8 Å². The maximum Gasteiger partial charge on any atom is 0.196 e. The van der Waals surface area contributed by atoms with Crippen LogP contribution in [0.25, 0.3) is 11.1 Å². The molecule has 114 valence electrons. The molecule has 0 aromatic carbocycles. The lowest BCUT2D eigenvalue weighted by atomic mass is 9.97. The lowest BCUT2D eigenvalue weighted by Crippen LogP contribution is -2.34. The summed E-state index contributed by atoms with van der Waals surface area (Å²) in [7, 11) is 0. The van der Waals surface area contributed by atoms with Gasteiger partial charge in [-0.2, -0.15) is 0 Å². The molecule has 0 amide bonds. The highest BCUT2D eigenvalue weighted by molar-refractivity contribution is 5.86. The molecule has 1 saturated heterocycles. The Morgan fingerprint density at radius 2 is 2.24 bits per heavy atom. The summed E-state index contributed by atoms with van der Waals surface area (Å²) < 4.78 is 11.6. The van der Waals surface area contributed by atoms with Gasteiger partial charge in [0, 0.05) is 5.56 Å². The number of aliphatic hydroxyl groups is 1. The van der Waals surface area contributed by atoms with E-state index in [4.69, 9.17) is 20.1 Å². The molecule has 2 aromatic rings. The van der Waals surface area contributed by atoms with E-state index in [-0.39, 0.29) is 25.4 Å². The number of ether oxygens (including phenoxy) is 1. The Hall–Kier alpha value is -1.70. The molecular formula is C14H20N4O3. The third-order valence-corrected chi connectivity index (χ3v) is 3.88. The standard InChI is InChI=1S/C14H20N4O3/c1-8-5-9(2)21-12(8)10-6-20-13-11(10)16-7-17-14(13)18(15)3-4-19/h6-9,12,19H,3-5,15H2,1-2H3. The minimum Gasteiger partial charge on any atom is -0.458 e. The van der Waals surface area contributed by atoms with Crippen molar-refractivity contribution >= 4 is 16.9 Å². The van der Waals surface area contributed by atoms with Crippen LogP contribution in [0.2, 0.25) is 0 Å². The van der Waals surface area contributed by atoms with E-state index >= 15 is 0 Å². The van der Waals surface area contributed by atoms with Crippen LogP contribution < -0.4 is 10.9 Å². The van der Waals surface area contributed by atoms with Crippen LogP contribution >= 0.6 is 0 Å². The van der Waals surface area contributed by atoms with Crippen molar-refractivity contribution in [3.8, 4) is 0 Å². The number of hydrazine groups is 1. The monoisotopic (exact) mass is 292 g/mol. The van der Waals surface area contributed by atoms with E-state index in [2.05, 4.69) is 23.8 Å². The molecule has 7 nitrogen and oxygen atoms in total. The molecular weight excluding hydrogens is 272 g/mol. The third-order valence-electron chi connectivity index (χ3n) is 3.88. The first-order chi connectivity index (χ1) is 10.1. The number of anilines is 1. The molecule has 3 atom stereocenters. The van der Waals surface area contributed by atoms with Gasteiger partial charge in [0.1, 0.15) is 11.8 Å². The number of nitrogens with two attached hydrogens (primary N) is 1. The summed E-state index contributed by atoms with van der Waals surface area (Å²) >= 11 is 0.